The fraction of sp³-hybridized carbons (Fsp3) is 0.882. The Morgan fingerprint density at radius 3 is 2.29 bits per heavy atom. The number of unbranched alkanes of at least 4 members (excludes halogenated alkanes) is 2. The SMILES string of the molecule is CCNC(=NCC(OC)C(C)(C)C)NCCCCCC(=O)OC.I. The predicted octanol–water partition coefficient (Wildman–Crippen LogP) is 2.95. The topological polar surface area (TPSA) is 72.0 Å². The molecule has 0 saturated heterocycles. The highest BCUT2D eigenvalue weighted by Crippen LogP contribution is 2.21. The molecule has 0 aromatic heterocycles. The summed E-state index contributed by atoms with van der Waals surface area (Å²) < 4.78 is 10.2. The van der Waals surface area contributed by atoms with E-state index < -0.39 is 0 Å². The van der Waals surface area contributed by atoms with Crippen LogP contribution in [-0.4, -0.2) is 51.9 Å². The van der Waals surface area contributed by atoms with Crippen molar-refractivity contribution in [3.05, 3.63) is 0 Å². The van der Waals surface area contributed by atoms with Gasteiger partial charge in [-0.1, -0.05) is 27.2 Å². The summed E-state index contributed by atoms with van der Waals surface area (Å²) >= 11 is 0. The van der Waals surface area contributed by atoms with E-state index in [1.54, 1.807) is 7.11 Å². The van der Waals surface area contributed by atoms with E-state index in [2.05, 4.69) is 41.1 Å². The molecule has 144 valence electrons. The highest BCUT2D eigenvalue weighted by molar-refractivity contribution is 14.0. The van der Waals surface area contributed by atoms with Crippen molar-refractivity contribution in [1.82, 2.24) is 10.6 Å². The molecule has 24 heavy (non-hydrogen) atoms. The van der Waals surface area contributed by atoms with Gasteiger partial charge in [0.1, 0.15) is 0 Å². The molecule has 0 rings (SSSR count). The number of hydrogen-bond donors (Lipinski definition) is 2. The summed E-state index contributed by atoms with van der Waals surface area (Å²) in [6, 6.07) is 0. The van der Waals surface area contributed by atoms with Crippen molar-refractivity contribution < 1.29 is 14.3 Å². The molecule has 0 saturated carbocycles. The smallest absolute Gasteiger partial charge is 0.305 e. The van der Waals surface area contributed by atoms with E-state index in [9.17, 15) is 4.79 Å². The van der Waals surface area contributed by atoms with Crippen molar-refractivity contribution in [3.63, 3.8) is 0 Å². The molecular weight excluding hydrogens is 421 g/mol. The molecule has 0 fully saturated rings. The summed E-state index contributed by atoms with van der Waals surface area (Å²) in [7, 11) is 3.15. The lowest BCUT2D eigenvalue weighted by molar-refractivity contribution is -0.140. The second kappa shape index (κ2) is 14.7. The molecule has 0 heterocycles. The van der Waals surface area contributed by atoms with Gasteiger partial charge in [0.25, 0.3) is 0 Å². The zero-order valence-corrected chi connectivity index (χ0v) is 18.4. The minimum atomic E-state index is -0.138. The van der Waals surface area contributed by atoms with Crippen LogP contribution >= 0.6 is 24.0 Å². The first kappa shape index (κ1) is 25.7. The van der Waals surface area contributed by atoms with Crippen LogP contribution in [0.3, 0.4) is 0 Å². The third kappa shape index (κ3) is 12.8. The van der Waals surface area contributed by atoms with Gasteiger partial charge in [-0.15, -0.1) is 24.0 Å². The Balaban J connectivity index is 0. The maximum atomic E-state index is 11.0. The zero-order valence-electron chi connectivity index (χ0n) is 16.1. The van der Waals surface area contributed by atoms with E-state index >= 15 is 0 Å². The third-order valence-electron chi connectivity index (χ3n) is 3.59. The number of halogens is 1. The Labute approximate surface area is 164 Å². The van der Waals surface area contributed by atoms with Crippen molar-refractivity contribution in [2.45, 2.75) is 59.5 Å². The first-order valence-electron chi connectivity index (χ1n) is 8.46. The highest BCUT2D eigenvalue weighted by Gasteiger charge is 2.23. The van der Waals surface area contributed by atoms with E-state index in [1.165, 1.54) is 7.11 Å². The average molecular weight is 457 g/mol. The number of rotatable bonds is 10. The van der Waals surface area contributed by atoms with Crippen LogP contribution in [0.1, 0.15) is 53.4 Å². The van der Waals surface area contributed by atoms with Crippen LogP contribution in [0.2, 0.25) is 0 Å². The second-order valence-corrected chi connectivity index (χ2v) is 6.62. The lowest BCUT2D eigenvalue weighted by Gasteiger charge is -2.28. The monoisotopic (exact) mass is 457 g/mol. The number of nitrogens with zero attached hydrogens (tertiary/aromatic N) is 1. The lowest BCUT2D eigenvalue weighted by atomic mass is 9.89. The van der Waals surface area contributed by atoms with Gasteiger partial charge in [-0.25, -0.2) is 0 Å². The summed E-state index contributed by atoms with van der Waals surface area (Å²) in [5, 5.41) is 6.56. The fourth-order valence-corrected chi connectivity index (χ4v) is 2.10. The minimum absolute atomic E-state index is 0. The largest absolute Gasteiger partial charge is 0.469 e. The standard InChI is InChI=1S/C17H35N3O3.HI/c1-7-18-16(20-13-14(22-5)17(2,3)4)19-12-10-8-9-11-15(21)23-6;/h14H,7-13H2,1-6H3,(H2,18,19,20);1H. The van der Waals surface area contributed by atoms with Crippen molar-refractivity contribution in [2.75, 3.05) is 33.9 Å². The van der Waals surface area contributed by atoms with E-state index in [0.29, 0.717) is 13.0 Å². The van der Waals surface area contributed by atoms with Gasteiger partial charge in [-0.2, -0.15) is 0 Å². The first-order valence-corrected chi connectivity index (χ1v) is 8.46. The van der Waals surface area contributed by atoms with Crippen LogP contribution in [0.4, 0.5) is 0 Å². The van der Waals surface area contributed by atoms with Crippen LogP contribution in [0, 0.1) is 5.41 Å². The van der Waals surface area contributed by atoms with Gasteiger partial charge in [0.05, 0.1) is 19.8 Å². The molecule has 1 atom stereocenters. The zero-order chi connectivity index (χ0) is 17.7. The molecule has 0 radical (unpaired) electrons. The minimum Gasteiger partial charge on any atom is -0.469 e. The average Bonchev–Trinajstić information content (AvgIpc) is 2.49. The Morgan fingerprint density at radius 2 is 1.79 bits per heavy atom. The van der Waals surface area contributed by atoms with Gasteiger partial charge in [-0.05, 0) is 25.2 Å². The van der Waals surface area contributed by atoms with Crippen LogP contribution in [0.25, 0.3) is 0 Å². The van der Waals surface area contributed by atoms with Crippen LogP contribution < -0.4 is 10.6 Å². The maximum Gasteiger partial charge on any atom is 0.305 e. The van der Waals surface area contributed by atoms with E-state index in [-0.39, 0.29) is 41.5 Å². The molecule has 0 aromatic carbocycles. The predicted molar refractivity (Wildman–Crippen MR) is 110 cm³/mol. The maximum absolute atomic E-state index is 11.0. The Bertz CT molecular complexity index is 357. The summed E-state index contributed by atoms with van der Waals surface area (Å²) in [6.07, 6.45) is 3.42. The first-order chi connectivity index (χ1) is 10.8. The number of esters is 1. The van der Waals surface area contributed by atoms with Gasteiger partial charge >= 0.3 is 5.97 Å². The second-order valence-electron chi connectivity index (χ2n) is 6.62. The van der Waals surface area contributed by atoms with E-state index in [0.717, 1.165) is 38.3 Å². The quantitative estimate of drug-likeness (QED) is 0.174. The molecule has 0 bridgehead atoms. The Hall–Kier alpha value is -0.570. The summed E-state index contributed by atoms with van der Waals surface area (Å²) in [4.78, 5) is 15.6. The number of ether oxygens (including phenoxy) is 2. The Morgan fingerprint density at radius 1 is 1.12 bits per heavy atom. The van der Waals surface area contributed by atoms with Gasteiger partial charge in [0, 0.05) is 26.6 Å². The molecule has 0 amide bonds. The third-order valence-corrected chi connectivity index (χ3v) is 3.59. The lowest BCUT2D eigenvalue weighted by Crippen LogP contribution is -2.39. The summed E-state index contributed by atoms with van der Waals surface area (Å²) in [6.45, 7) is 10.8. The molecule has 0 aliphatic heterocycles. The molecular formula is C17H36IN3O3. The molecule has 1 unspecified atom stereocenters. The summed E-state index contributed by atoms with van der Waals surface area (Å²) in [5.74, 6) is 0.674. The van der Waals surface area contributed by atoms with Gasteiger partial charge in [0.2, 0.25) is 0 Å². The van der Waals surface area contributed by atoms with Crippen molar-refractivity contribution in [2.24, 2.45) is 10.4 Å². The number of hydrogen-bond acceptors (Lipinski definition) is 4. The van der Waals surface area contributed by atoms with E-state index in [4.69, 9.17) is 4.74 Å². The molecule has 0 spiro atoms. The molecule has 7 heteroatoms. The summed E-state index contributed by atoms with van der Waals surface area (Å²) in [5.41, 5.74) is 0.0590. The van der Waals surface area contributed by atoms with Gasteiger partial charge in [-0.3, -0.25) is 9.79 Å². The van der Waals surface area contributed by atoms with Gasteiger partial charge in [0.15, 0.2) is 5.96 Å². The van der Waals surface area contributed by atoms with Gasteiger partial charge < -0.3 is 20.1 Å². The Kier molecular flexibility index (Phi) is 15.8. The van der Waals surface area contributed by atoms with Crippen LogP contribution in [-0.2, 0) is 14.3 Å². The van der Waals surface area contributed by atoms with Crippen LogP contribution in [0.15, 0.2) is 4.99 Å². The number of guanidine groups is 1. The number of methoxy groups -OCH3 is 2. The molecule has 2 N–H and O–H groups in total. The van der Waals surface area contributed by atoms with E-state index in [1.807, 2.05) is 6.92 Å². The molecule has 0 aliphatic rings. The fourth-order valence-electron chi connectivity index (χ4n) is 2.10. The highest BCUT2D eigenvalue weighted by atomic mass is 127. The number of carbonyl (C=O) groups is 1. The number of nitrogens with one attached hydrogen (secondary N) is 2. The normalized spacial score (nSPS) is 13.0. The van der Waals surface area contributed by atoms with Crippen molar-refractivity contribution in [3.8, 4) is 0 Å². The number of carbonyl (C=O) groups excluding carboxylic acids is 1. The van der Waals surface area contributed by atoms with Crippen LogP contribution in [0.5, 0.6) is 0 Å². The molecule has 0 aromatic rings. The van der Waals surface area contributed by atoms with Crippen molar-refractivity contribution >= 4 is 35.9 Å². The van der Waals surface area contributed by atoms with Crippen molar-refractivity contribution in [1.29, 1.82) is 0 Å². The molecule has 0 aliphatic carbocycles. The molecule has 6 nitrogen and oxygen atoms in total. The number of aliphatic imine (C=N–C) groups is 1.